The van der Waals surface area contributed by atoms with Crippen molar-refractivity contribution in [3.05, 3.63) is 35.2 Å². The van der Waals surface area contributed by atoms with Crippen LogP contribution in [0.25, 0.3) is 11.3 Å². The molecule has 0 radical (unpaired) electrons. The van der Waals surface area contributed by atoms with E-state index < -0.39 is 11.5 Å². The second-order valence-electron chi connectivity index (χ2n) is 8.78. The Balaban J connectivity index is 1.64. The van der Waals surface area contributed by atoms with Crippen molar-refractivity contribution >= 4 is 28.5 Å². The van der Waals surface area contributed by atoms with Gasteiger partial charge in [0.25, 0.3) is 0 Å². The van der Waals surface area contributed by atoms with Crippen molar-refractivity contribution in [1.29, 1.82) is 0 Å². The summed E-state index contributed by atoms with van der Waals surface area (Å²) in [5.41, 5.74) is 6.97. The Labute approximate surface area is 181 Å². The lowest BCUT2D eigenvalue weighted by Crippen LogP contribution is -2.52. The van der Waals surface area contributed by atoms with Gasteiger partial charge in [0.15, 0.2) is 5.13 Å². The monoisotopic (exact) mass is 430 g/mol. The smallest absolute Gasteiger partial charge is 0.407 e. The maximum Gasteiger partial charge on any atom is 0.407 e. The molecule has 4 N–H and O–H groups in total. The van der Waals surface area contributed by atoms with E-state index in [0.29, 0.717) is 5.56 Å². The molecule has 30 heavy (non-hydrogen) atoms. The summed E-state index contributed by atoms with van der Waals surface area (Å²) in [5.74, 6) is -0.439. The Bertz CT molecular complexity index is 894. The summed E-state index contributed by atoms with van der Waals surface area (Å²) in [4.78, 5) is 27.8. The van der Waals surface area contributed by atoms with Crippen molar-refractivity contribution in [2.75, 3.05) is 12.4 Å². The van der Waals surface area contributed by atoms with Crippen LogP contribution in [0.15, 0.2) is 29.6 Å². The first kappa shape index (κ1) is 22.1. The second kappa shape index (κ2) is 8.63. The number of anilines is 1. The quantitative estimate of drug-likeness (QED) is 0.652. The Morgan fingerprint density at radius 2 is 1.83 bits per heavy atom. The fourth-order valence-corrected chi connectivity index (χ4v) is 4.71. The van der Waals surface area contributed by atoms with Crippen LogP contribution in [0.1, 0.15) is 56.8 Å². The standard InChI is InChI=1S/C22H30N4O3S/c1-21(2,3)22(29-20(28)24-4)11-9-16(10-12-22)25-19-26-17(13-30-19)14-5-7-15(8-6-14)18(23)27/h5-8,13,16H,9-12H2,1-4H3,(H2,23,27)(H,24,28)(H,25,26). The minimum Gasteiger partial charge on any atom is -0.442 e. The van der Waals surface area contributed by atoms with Gasteiger partial charge in [-0.3, -0.25) is 4.79 Å². The number of carbonyl (C=O) groups excluding carboxylic acids is 2. The Morgan fingerprint density at radius 3 is 2.37 bits per heavy atom. The van der Waals surface area contributed by atoms with Crippen LogP contribution in [0, 0.1) is 5.41 Å². The molecule has 1 aliphatic rings. The zero-order valence-corrected chi connectivity index (χ0v) is 18.8. The van der Waals surface area contributed by atoms with Gasteiger partial charge in [0, 0.05) is 35.0 Å². The zero-order chi connectivity index (χ0) is 21.9. The Kier molecular flexibility index (Phi) is 6.36. The van der Waals surface area contributed by atoms with Gasteiger partial charge in [0.2, 0.25) is 5.91 Å². The Hall–Kier alpha value is -2.61. The van der Waals surface area contributed by atoms with Gasteiger partial charge in [-0.15, -0.1) is 11.3 Å². The number of nitrogens with two attached hydrogens (primary N) is 1. The summed E-state index contributed by atoms with van der Waals surface area (Å²) in [7, 11) is 1.59. The number of hydrogen-bond donors (Lipinski definition) is 3. The molecule has 0 spiro atoms. The SMILES string of the molecule is CNC(=O)OC1(C(C)(C)C)CCC(Nc2nc(-c3ccc(C(N)=O)cc3)cs2)CC1. The van der Waals surface area contributed by atoms with Gasteiger partial charge in [-0.1, -0.05) is 32.9 Å². The number of thiazole rings is 1. The van der Waals surface area contributed by atoms with Crippen LogP contribution in [0.2, 0.25) is 0 Å². The van der Waals surface area contributed by atoms with E-state index >= 15 is 0 Å². The molecule has 0 saturated heterocycles. The Morgan fingerprint density at radius 1 is 1.20 bits per heavy atom. The van der Waals surface area contributed by atoms with Crippen LogP contribution in [-0.2, 0) is 4.74 Å². The first-order valence-corrected chi connectivity index (χ1v) is 11.0. The van der Waals surface area contributed by atoms with Gasteiger partial charge in [-0.2, -0.15) is 0 Å². The summed E-state index contributed by atoms with van der Waals surface area (Å²) < 4.78 is 5.86. The molecule has 2 aromatic rings. The summed E-state index contributed by atoms with van der Waals surface area (Å²) in [6.45, 7) is 6.38. The van der Waals surface area contributed by atoms with E-state index in [-0.39, 0.29) is 17.6 Å². The molecule has 7 nitrogen and oxygen atoms in total. The summed E-state index contributed by atoms with van der Waals surface area (Å²) in [6.07, 6.45) is 3.03. The second-order valence-corrected chi connectivity index (χ2v) is 9.64. The van der Waals surface area contributed by atoms with E-state index in [1.54, 1.807) is 30.5 Å². The minimum atomic E-state index is -0.471. The van der Waals surface area contributed by atoms with Crippen molar-refractivity contribution < 1.29 is 14.3 Å². The molecule has 1 heterocycles. The highest BCUT2D eigenvalue weighted by atomic mass is 32.1. The van der Waals surface area contributed by atoms with Crippen LogP contribution in [0.3, 0.4) is 0 Å². The fraction of sp³-hybridized carbons (Fsp3) is 0.500. The molecule has 1 aliphatic carbocycles. The molecule has 1 aromatic heterocycles. The average molecular weight is 431 g/mol. The molecule has 2 amide bonds. The largest absolute Gasteiger partial charge is 0.442 e. The lowest BCUT2D eigenvalue weighted by molar-refractivity contribution is -0.0928. The number of ether oxygens (including phenoxy) is 1. The third-order valence-electron chi connectivity index (χ3n) is 5.95. The van der Waals surface area contributed by atoms with E-state index in [0.717, 1.165) is 42.1 Å². The number of amides is 2. The molecule has 162 valence electrons. The number of carbonyl (C=O) groups is 2. The highest BCUT2D eigenvalue weighted by Gasteiger charge is 2.47. The molecular weight excluding hydrogens is 400 g/mol. The normalized spacial score (nSPS) is 21.7. The summed E-state index contributed by atoms with van der Waals surface area (Å²) in [5, 5.41) is 8.98. The van der Waals surface area contributed by atoms with E-state index in [4.69, 9.17) is 15.5 Å². The first-order valence-electron chi connectivity index (χ1n) is 10.2. The molecule has 0 unspecified atom stereocenters. The van der Waals surface area contributed by atoms with Crippen molar-refractivity contribution in [3.8, 4) is 11.3 Å². The predicted molar refractivity (Wildman–Crippen MR) is 120 cm³/mol. The van der Waals surface area contributed by atoms with Crippen LogP contribution in [-0.4, -0.2) is 35.7 Å². The van der Waals surface area contributed by atoms with Crippen LogP contribution in [0.5, 0.6) is 0 Å². The molecule has 0 atom stereocenters. The number of nitrogens with one attached hydrogen (secondary N) is 2. The molecule has 1 fully saturated rings. The van der Waals surface area contributed by atoms with Gasteiger partial charge in [0.05, 0.1) is 5.69 Å². The number of hydrogen-bond acceptors (Lipinski definition) is 6. The van der Waals surface area contributed by atoms with E-state index in [1.165, 1.54) is 0 Å². The van der Waals surface area contributed by atoms with Gasteiger partial charge in [0.1, 0.15) is 5.60 Å². The van der Waals surface area contributed by atoms with E-state index in [2.05, 4.69) is 31.4 Å². The molecule has 1 saturated carbocycles. The van der Waals surface area contributed by atoms with Crippen molar-refractivity contribution in [2.24, 2.45) is 11.1 Å². The van der Waals surface area contributed by atoms with Gasteiger partial charge in [-0.05, 0) is 37.8 Å². The number of aromatic nitrogens is 1. The van der Waals surface area contributed by atoms with Gasteiger partial charge < -0.3 is 21.1 Å². The van der Waals surface area contributed by atoms with Gasteiger partial charge >= 0.3 is 6.09 Å². The highest BCUT2D eigenvalue weighted by Crippen LogP contribution is 2.45. The lowest BCUT2D eigenvalue weighted by Gasteiger charge is -2.48. The summed E-state index contributed by atoms with van der Waals surface area (Å²) >= 11 is 1.56. The highest BCUT2D eigenvalue weighted by molar-refractivity contribution is 7.14. The van der Waals surface area contributed by atoms with E-state index in [1.807, 2.05) is 17.5 Å². The predicted octanol–water partition coefficient (Wildman–Crippen LogP) is 4.40. The maximum atomic E-state index is 11.9. The average Bonchev–Trinajstić information content (AvgIpc) is 3.17. The number of alkyl carbamates (subject to hydrolysis) is 1. The number of rotatable bonds is 5. The molecule has 8 heteroatoms. The molecule has 1 aromatic carbocycles. The number of nitrogens with zero attached hydrogens (tertiary/aromatic N) is 1. The number of benzene rings is 1. The van der Waals surface area contributed by atoms with Crippen LogP contribution in [0.4, 0.5) is 9.93 Å². The molecular formula is C22H30N4O3S. The molecule has 0 aliphatic heterocycles. The number of primary amides is 1. The van der Waals surface area contributed by atoms with E-state index in [9.17, 15) is 9.59 Å². The zero-order valence-electron chi connectivity index (χ0n) is 18.0. The molecule has 0 bridgehead atoms. The first-order chi connectivity index (χ1) is 14.1. The maximum absolute atomic E-state index is 11.9. The van der Waals surface area contributed by atoms with Crippen molar-refractivity contribution in [3.63, 3.8) is 0 Å². The van der Waals surface area contributed by atoms with Crippen LogP contribution < -0.4 is 16.4 Å². The van der Waals surface area contributed by atoms with Gasteiger partial charge in [-0.25, -0.2) is 9.78 Å². The third kappa shape index (κ3) is 4.75. The topological polar surface area (TPSA) is 106 Å². The van der Waals surface area contributed by atoms with Crippen molar-refractivity contribution in [1.82, 2.24) is 10.3 Å². The molecule has 3 rings (SSSR count). The van der Waals surface area contributed by atoms with Crippen molar-refractivity contribution in [2.45, 2.75) is 58.1 Å². The summed E-state index contributed by atoms with van der Waals surface area (Å²) in [6, 6.07) is 7.42. The third-order valence-corrected chi connectivity index (χ3v) is 6.72. The van der Waals surface area contributed by atoms with Crippen LogP contribution >= 0.6 is 11.3 Å². The lowest BCUT2D eigenvalue weighted by atomic mass is 9.67. The fourth-order valence-electron chi connectivity index (χ4n) is 3.91. The minimum absolute atomic E-state index is 0.143.